The number of aromatic nitrogens is 1. The Morgan fingerprint density at radius 2 is 1.78 bits per heavy atom. The van der Waals surface area contributed by atoms with E-state index >= 15 is 0 Å². The molecule has 0 radical (unpaired) electrons. The largest absolute Gasteiger partial charge is 0.376 e. The molecule has 0 unspecified atom stereocenters. The lowest BCUT2D eigenvalue weighted by molar-refractivity contribution is -0.133. The number of aldehydes is 1. The monoisotopic (exact) mass is 626 g/mol. The zero-order chi connectivity index (χ0) is 32.2. The van der Waals surface area contributed by atoms with Gasteiger partial charge in [-0.1, -0.05) is 36.4 Å². The standard InChI is InChI=1S/C37H46N4O5/c1-24-16-28(10-13-34(24)39-37(44)36-33-7-5-4-6-29(33)14-15-38-36)17-35(43)41-21-30(40-19-25(2)46-26(3)20-40)18-31(41)23-45-32-11-8-27(22-42)9-12-32/h4-7,10,13-16,22,25-27,30-32H,8-9,11-12,17-21,23H2,1-3H3,(H,39,44)/t25-,26+,27?,30-,31-,32?/m0/s1. The number of anilines is 1. The van der Waals surface area contributed by atoms with Crippen molar-refractivity contribution in [3.63, 3.8) is 0 Å². The molecule has 2 amide bonds. The second-order valence-corrected chi connectivity index (χ2v) is 13.5. The Bertz CT molecular complexity index is 1540. The maximum atomic E-state index is 13.9. The van der Waals surface area contributed by atoms with Crippen LogP contribution in [-0.4, -0.2) is 89.5 Å². The Kier molecular flexibility index (Phi) is 10.1. The van der Waals surface area contributed by atoms with Gasteiger partial charge in [0.1, 0.15) is 12.0 Å². The third kappa shape index (κ3) is 7.48. The quantitative estimate of drug-likeness (QED) is 0.326. The molecule has 244 valence electrons. The molecule has 1 aliphatic carbocycles. The summed E-state index contributed by atoms with van der Waals surface area (Å²) in [5.41, 5.74) is 2.88. The number of ether oxygens (including phenoxy) is 2. The third-order valence-corrected chi connectivity index (χ3v) is 9.90. The van der Waals surface area contributed by atoms with Gasteiger partial charge in [-0.15, -0.1) is 0 Å². The minimum atomic E-state index is -0.263. The van der Waals surface area contributed by atoms with Crippen molar-refractivity contribution in [3.8, 4) is 0 Å². The van der Waals surface area contributed by atoms with E-state index in [1.807, 2.05) is 60.4 Å². The van der Waals surface area contributed by atoms with Crippen molar-refractivity contribution in [1.29, 1.82) is 0 Å². The van der Waals surface area contributed by atoms with E-state index in [2.05, 4.69) is 29.0 Å². The highest BCUT2D eigenvalue weighted by Gasteiger charge is 2.40. The van der Waals surface area contributed by atoms with Gasteiger partial charge in [-0.25, -0.2) is 0 Å². The Morgan fingerprint density at radius 1 is 1.02 bits per heavy atom. The number of nitrogens with zero attached hydrogens (tertiary/aromatic N) is 3. The summed E-state index contributed by atoms with van der Waals surface area (Å²) in [5.74, 6) is -0.0236. The summed E-state index contributed by atoms with van der Waals surface area (Å²) in [6, 6.07) is 15.7. The first-order chi connectivity index (χ1) is 22.3. The summed E-state index contributed by atoms with van der Waals surface area (Å²) < 4.78 is 12.4. The first-order valence-corrected chi connectivity index (χ1v) is 16.8. The highest BCUT2D eigenvalue weighted by atomic mass is 16.5. The number of aryl methyl sites for hydroxylation is 1. The van der Waals surface area contributed by atoms with Crippen LogP contribution in [0.25, 0.3) is 10.8 Å². The lowest BCUT2D eigenvalue weighted by Crippen LogP contribution is -2.51. The molecule has 1 N–H and O–H groups in total. The molecule has 3 aliphatic rings. The van der Waals surface area contributed by atoms with Gasteiger partial charge in [-0.3, -0.25) is 19.5 Å². The van der Waals surface area contributed by atoms with E-state index in [1.165, 1.54) is 0 Å². The SMILES string of the molecule is Cc1cc(CC(=O)N2C[C@@H](N3C[C@@H](C)O[C@@H](C)C3)C[C@H]2COC2CCC(C=O)CC2)ccc1NC(=O)c1nccc2ccccc12. The van der Waals surface area contributed by atoms with Gasteiger partial charge in [-0.05, 0) is 81.5 Å². The van der Waals surface area contributed by atoms with Crippen LogP contribution in [0, 0.1) is 12.8 Å². The lowest BCUT2D eigenvalue weighted by atomic mass is 9.88. The Labute approximate surface area is 271 Å². The summed E-state index contributed by atoms with van der Waals surface area (Å²) in [6.07, 6.45) is 7.89. The van der Waals surface area contributed by atoms with Crippen LogP contribution in [-0.2, 0) is 25.5 Å². The summed E-state index contributed by atoms with van der Waals surface area (Å²) in [7, 11) is 0. The van der Waals surface area contributed by atoms with Gasteiger partial charge in [-0.2, -0.15) is 0 Å². The molecule has 3 heterocycles. The zero-order valence-electron chi connectivity index (χ0n) is 27.2. The normalized spacial score (nSPS) is 27.1. The number of carbonyl (C=O) groups excluding carboxylic acids is 3. The van der Waals surface area contributed by atoms with Crippen molar-refractivity contribution in [2.45, 2.75) is 89.7 Å². The van der Waals surface area contributed by atoms with E-state index in [-0.39, 0.29) is 54.5 Å². The number of hydrogen-bond donors (Lipinski definition) is 1. The first-order valence-electron chi connectivity index (χ1n) is 16.8. The van der Waals surface area contributed by atoms with Crippen molar-refractivity contribution in [1.82, 2.24) is 14.8 Å². The molecule has 3 aromatic rings. The zero-order valence-corrected chi connectivity index (χ0v) is 27.2. The van der Waals surface area contributed by atoms with E-state index in [4.69, 9.17) is 9.47 Å². The third-order valence-electron chi connectivity index (χ3n) is 9.90. The van der Waals surface area contributed by atoms with E-state index in [0.717, 1.165) is 73.4 Å². The van der Waals surface area contributed by atoms with Crippen molar-refractivity contribution in [3.05, 3.63) is 71.5 Å². The smallest absolute Gasteiger partial charge is 0.274 e. The van der Waals surface area contributed by atoms with Gasteiger partial charge in [0.15, 0.2) is 0 Å². The summed E-state index contributed by atoms with van der Waals surface area (Å²) in [4.78, 5) is 47.2. The Hall–Kier alpha value is -3.66. The van der Waals surface area contributed by atoms with Crippen LogP contribution in [0.2, 0.25) is 0 Å². The first kappa shape index (κ1) is 32.3. The Morgan fingerprint density at radius 3 is 2.52 bits per heavy atom. The molecule has 46 heavy (non-hydrogen) atoms. The number of nitrogens with one attached hydrogen (secondary N) is 1. The van der Waals surface area contributed by atoms with Crippen LogP contribution in [0.1, 0.15) is 67.6 Å². The highest BCUT2D eigenvalue weighted by molar-refractivity contribution is 6.11. The van der Waals surface area contributed by atoms with E-state index in [9.17, 15) is 14.4 Å². The molecule has 2 aromatic carbocycles. The van der Waals surface area contributed by atoms with Gasteiger partial charge >= 0.3 is 0 Å². The molecule has 0 spiro atoms. The van der Waals surface area contributed by atoms with Crippen molar-refractivity contribution in [2.75, 3.05) is 31.6 Å². The van der Waals surface area contributed by atoms with Crippen LogP contribution in [0.4, 0.5) is 5.69 Å². The van der Waals surface area contributed by atoms with Gasteiger partial charge < -0.3 is 24.5 Å². The van der Waals surface area contributed by atoms with Crippen molar-refractivity contribution >= 4 is 34.6 Å². The van der Waals surface area contributed by atoms with Gasteiger partial charge in [0.25, 0.3) is 5.91 Å². The molecule has 9 heteroatoms. The number of morpholine rings is 1. The minimum absolute atomic E-state index is 0.00241. The summed E-state index contributed by atoms with van der Waals surface area (Å²) >= 11 is 0. The van der Waals surface area contributed by atoms with E-state index < -0.39 is 0 Å². The fraction of sp³-hybridized carbons (Fsp3) is 0.514. The molecular formula is C37H46N4O5. The number of hydrogen-bond acceptors (Lipinski definition) is 7. The van der Waals surface area contributed by atoms with Gasteiger partial charge in [0.2, 0.25) is 5.91 Å². The molecule has 4 atom stereocenters. The maximum Gasteiger partial charge on any atom is 0.274 e. The molecule has 1 saturated carbocycles. The average Bonchev–Trinajstić information content (AvgIpc) is 3.49. The van der Waals surface area contributed by atoms with Crippen LogP contribution in [0.5, 0.6) is 0 Å². The molecule has 6 rings (SSSR count). The fourth-order valence-electron chi connectivity index (χ4n) is 7.51. The van der Waals surface area contributed by atoms with Crippen LogP contribution >= 0.6 is 0 Å². The highest BCUT2D eigenvalue weighted by Crippen LogP contribution is 2.30. The fourth-order valence-corrected chi connectivity index (χ4v) is 7.51. The average molecular weight is 627 g/mol. The second-order valence-electron chi connectivity index (χ2n) is 13.5. The molecule has 9 nitrogen and oxygen atoms in total. The van der Waals surface area contributed by atoms with Crippen LogP contribution in [0.15, 0.2) is 54.7 Å². The second kappa shape index (κ2) is 14.4. The Balaban J connectivity index is 1.12. The predicted molar refractivity (Wildman–Crippen MR) is 178 cm³/mol. The number of rotatable bonds is 9. The molecular weight excluding hydrogens is 580 g/mol. The van der Waals surface area contributed by atoms with Gasteiger partial charge in [0.05, 0.1) is 37.4 Å². The topological polar surface area (TPSA) is 101 Å². The molecule has 3 fully saturated rings. The number of likely N-dealkylation sites (tertiary alicyclic amines) is 1. The molecule has 1 aromatic heterocycles. The van der Waals surface area contributed by atoms with Crippen molar-refractivity contribution < 1.29 is 23.9 Å². The summed E-state index contributed by atoms with van der Waals surface area (Å²) in [6.45, 7) is 9.09. The number of fused-ring (bicyclic) bond motifs is 1. The minimum Gasteiger partial charge on any atom is -0.376 e. The molecule has 2 aliphatic heterocycles. The van der Waals surface area contributed by atoms with Crippen LogP contribution in [0.3, 0.4) is 0 Å². The van der Waals surface area contributed by atoms with Crippen molar-refractivity contribution in [2.24, 2.45) is 5.92 Å². The number of pyridine rings is 1. The van der Waals surface area contributed by atoms with E-state index in [0.29, 0.717) is 24.5 Å². The van der Waals surface area contributed by atoms with E-state index in [1.54, 1.807) is 6.20 Å². The van der Waals surface area contributed by atoms with Crippen LogP contribution < -0.4 is 5.32 Å². The molecule has 2 saturated heterocycles. The predicted octanol–water partition coefficient (Wildman–Crippen LogP) is 5.19. The van der Waals surface area contributed by atoms with Gasteiger partial charge in [0, 0.05) is 48.9 Å². The summed E-state index contributed by atoms with van der Waals surface area (Å²) in [5, 5.41) is 4.78. The lowest BCUT2D eigenvalue weighted by Gasteiger charge is -2.38. The number of benzene rings is 2. The molecule has 0 bridgehead atoms. The maximum absolute atomic E-state index is 13.9. The number of carbonyl (C=O) groups is 3. The number of amides is 2.